The van der Waals surface area contributed by atoms with Gasteiger partial charge >= 0.3 is 5.97 Å². The summed E-state index contributed by atoms with van der Waals surface area (Å²) in [5.74, 6) is 0.217. The van der Waals surface area contributed by atoms with Gasteiger partial charge in [0, 0.05) is 28.7 Å². The molecule has 5 rings (SSSR count). The molecule has 10 heteroatoms. The van der Waals surface area contributed by atoms with Gasteiger partial charge in [-0.15, -0.1) is 16.8 Å². The normalized spacial score (nSPS) is 36.3. The van der Waals surface area contributed by atoms with E-state index in [4.69, 9.17) is 4.74 Å². The summed E-state index contributed by atoms with van der Waals surface area (Å²) in [6.45, 7) is 14.2. The highest BCUT2D eigenvalue weighted by Gasteiger charge is 2.68. The van der Waals surface area contributed by atoms with Gasteiger partial charge in [-0.1, -0.05) is 57.7 Å². The molecule has 3 aliphatic rings. The van der Waals surface area contributed by atoms with Crippen LogP contribution in [0.2, 0.25) is 0 Å². The number of aryl methyl sites for hydroxylation is 1. The number of nitrogens with zero attached hydrogens (tertiary/aromatic N) is 4. The summed E-state index contributed by atoms with van der Waals surface area (Å²) in [5.41, 5.74) is -1.03. The summed E-state index contributed by atoms with van der Waals surface area (Å²) in [5, 5.41) is 34.9. The molecule has 3 fully saturated rings. The third kappa shape index (κ3) is 4.90. The maximum atomic E-state index is 13.6. The standard InChI is InChI=1S/C32H42N4O5S/c1-7-30(5)16-25(31(6)19(2)12-14-32(20(3)28(30)40)15-13-24(38)27(31)32)41-26(39)18-42-29-35-34-21(4)36(29)33-17-22-10-8-9-11-23(22)37/h7-11,17,19-20,25,27-28,37,40H,1,12-16,18H2,2-6H3/b33-17+/t19-,20+,25-,27+,28+,30-,31+,32+/m1/s1. The van der Waals surface area contributed by atoms with E-state index < -0.39 is 29.0 Å². The number of aliphatic hydroxyl groups is 1. The van der Waals surface area contributed by atoms with Crippen LogP contribution >= 0.6 is 11.8 Å². The van der Waals surface area contributed by atoms with E-state index in [-0.39, 0.29) is 40.5 Å². The van der Waals surface area contributed by atoms with Crippen LogP contribution in [0.4, 0.5) is 0 Å². The van der Waals surface area contributed by atoms with Gasteiger partial charge in [0.1, 0.15) is 17.6 Å². The average molecular weight is 595 g/mol. The van der Waals surface area contributed by atoms with Gasteiger partial charge in [-0.05, 0) is 62.0 Å². The molecule has 0 unspecified atom stereocenters. The minimum absolute atomic E-state index is 0.0291. The number of hydrogen-bond donors (Lipinski definition) is 2. The zero-order valence-corrected chi connectivity index (χ0v) is 25.9. The van der Waals surface area contributed by atoms with Crippen molar-refractivity contribution in [2.45, 2.75) is 84.1 Å². The lowest BCUT2D eigenvalue weighted by atomic mass is 9.44. The minimum atomic E-state index is -0.708. The molecule has 0 amide bonds. The highest BCUT2D eigenvalue weighted by molar-refractivity contribution is 7.99. The lowest BCUT2D eigenvalue weighted by Crippen LogP contribution is -2.63. The van der Waals surface area contributed by atoms with Gasteiger partial charge in [-0.2, -0.15) is 9.78 Å². The van der Waals surface area contributed by atoms with Crippen molar-refractivity contribution in [2.75, 3.05) is 5.75 Å². The van der Waals surface area contributed by atoms with Crippen LogP contribution in [-0.4, -0.2) is 61.0 Å². The first-order valence-corrected chi connectivity index (χ1v) is 15.8. The lowest BCUT2D eigenvalue weighted by Gasteiger charge is -2.61. The van der Waals surface area contributed by atoms with Gasteiger partial charge in [-0.25, -0.2) is 0 Å². The second-order valence-corrected chi connectivity index (χ2v) is 13.9. The van der Waals surface area contributed by atoms with Crippen molar-refractivity contribution in [2.24, 2.45) is 39.1 Å². The number of carbonyl (C=O) groups is 2. The monoisotopic (exact) mass is 594 g/mol. The number of rotatable bonds is 7. The molecule has 9 nitrogen and oxygen atoms in total. The summed E-state index contributed by atoms with van der Waals surface area (Å²) in [6.07, 6.45) is 5.49. The van der Waals surface area contributed by atoms with Crippen LogP contribution < -0.4 is 0 Å². The van der Waals surface area contributed by atoms with Crippen LogP contribution in [0.1, 0.15) is 71.2 Å². The zero-order chi connectivity index (χ0) is 30.4. The van der Waals surface area contributed by atoms with E-state index in [0.29, 0.717) is 29.4 Å². The Labute approximate surface area is 251 Å². The molecule has 0 spiro atoms. The van der Waals surface area contributed by atoms with E-state index in [9.17, 15) is 19.8 Å². The molecule has 42 heavy (non-hydrogen) atoms. The average Bonchev–Trinajstić information content (AvgIpc) is 3.51. The smallest absolute Gasteiger partial charge is 0.316 e. The number of para-hydroxylation sites is 1. The first-order valence-electron chi connectivity index (χ1n) is 14.8. The van der Waals surface area contributed by atoms with Crippen LogP contribution in [-0.2, 0) is 14.3 Å². The summed E-state index contributed by atoms with van der Waals surface area (Å²) in [6, 6.07) is 6.85. The number of thioether (sulfide) groups is 1. The molecule has 0 radical (unpaired) electrons. The summed E-state index contributed by atoms with van der Waals surface area (Å²) >= 11 is 1.16. The molecule has 2 aromatic rings. The van der Waals surface area contributed by atoms with Crippen LogP contribution in [0.25, 0.3) is 0 Å². The number of carbonyl (C=O) groups excluding carboxylic acids is 2. The predicted octanol–water partition coefficient (Wildman–Crippen LogP) is 5.17. The fourth-order valence-corrected chi connectivity index (χ4v) is 8.81. The number of phenolic OH excluding ortho intramolecular Hbond substituents is 1. The Morgan fingerprint density at radius 2 is 2.00 bits per heavy atom. The number of phenols is 1. The molecule has 2 bridgehead atoms. The van der Waals surface area contributed by atoms with Crippen molar-refractivity contribution < 1.29 is 24.5 Å². The van der Waals surface area contributed by atoms with Crippen molar-refractivity contribution in [3.63, 3.8) is 0 Å². The number of benzene rings is 1. The fourth-order valence-electron chi connectivity index (χ4n) is 8.10. The summed E-state index contributed by atoms with van der Waals surface area (Å²) < 4.78 is 7.85. The molecule has 3 saturated carbocycles. The Morgan fingerprint density at radius 1 is 1.26 bits per heavy atom. The van der Waals surface area contributed by atoms with Gasteiger partial charge < -0.3 is 14.9 Å². The Hall–Kier alpha value is -2.98. The number of hydrogen-bond acceptors (Lipinski definition) is 9. The van der Waals surface area contributed by atoms with Crippen molar-refractivity contribution in [1.29, 1.82) is 0 Å². The third-order valence-corrected chi connectivity index (χ3v) is 11.8. The molecule has 0 aliphatic heterocycles. The number of aromatic nitrogens is 3. The van der Waals surface area contributed by atoms with Gasteiger partial charge in [0.2, 0.25) is 5.16 Å². The van der Waals surface area contributed by atoms with Crippen molar-refractivity contribution in [3.8, 4) is 5.75 Å². The molecular formula is C32H42N4O5S. The molecule has 1 aromatic carbocycles. The van der Waals surface area contributed by atoms with Crippen LogP contribution in [0, 0.1) is 40.9 Å². The molecule has 2 N–H and O–H groups in total. The van der Waals surface area contributed by atoms with Crippen molar-refractivity contribution >= 4 is 29.7 Å². The van der Waals surface area contributed by atoms with E-state index in [1.54, 1.807) is 37.3 Å². The van der Waals surface area contributed by atoms with Crippen molar-refractivity contribution in [3.05, 3.63) is 48.3 Å². The Balaban J connectivity index is 1.40. The maximum absolute atomic E-state index is 13.6. The highest BCUT2D eigenvalue weighted by Crippen LogP contribution is 2.68. The van der Waals surface area contributed by atoms with E-state index in [1.807, 2.05) is 6.92 Å². The van der Waals surface area contributed by atoms with E-state index >= 15 is 0 Å². The molecule has 1 aromatic heterocycles. The summed E-state index contributed by atoms with van der Waals surface area (Å²) in [4.78, 5) is 27.1. The fraction of sp³-hybridized carbons (Fsp3) is 0.594. The molecule has 3 aliphatic carbocycles. The first-order chi connectivity index (χ1) is 19.9. The van der Waals surface area contributed by atoms with E-state index in [1.165, 1.54) is 10.9 Å². The van der Waals surface area contributed by atoms with Gasteiger partial charge in [0.15, 0.2) is 5.82 Å². The summed E-state index contributed by atoms with van der Waals surface area (Å²) in [7, 11) is 0. The maximum Gasteiger partial charge on any atom is 0.316 e. The number of ketones is 1. The number of ether oxygens (including phenoxy) is 1. The second kappa shape index (κ2) is 11.3. The molecule has 0 saturated heterocycles. The second-order valence-electron chi connectivity index (χ2n) is 13.0. The molecule has 1 heterocycles. The van der Waals surface area contributed by atoms with Crippen LogP contribution in [0.15, 0.2) is 47.2 Å². The Kier molecular flexibility index (Phi) is 8.17. The predicted molar refractivity (Wildman–Crippen MR) is 161 cm³/mol. The van der Waals surface area contributed by atoms with Gasteiger partial charge in [-0.3, -0.25) is 9.59 Å². The number of esters is 1. The van der Waals surface area contributed by atoms with Crippen LogP contribution in [0.5, 0.6) is 5.75 Å². The van der Waals surface area contributed by atoms with Crippen molar-refractivity contribution in [1.82, 2.24) is 14.9 Å². The topological polar surface area (TPSA) is 127 Å². The molecule has 226 valence electrons. The largest absolute Gasteiger partial charge is 0.507 e. The molecule has 8 atom stereocenters. The molecular weight excluding hydrogens is 552 g/mol. The Morgan fingerprint density at radius 3 is 2.71 bits per heavy atom. The van der Waals surface area contributed by atoms with E-state index in [2.05, 4.69) is 42.6 Å². The van der Waals surface area contributed by atoms with E-state index in [0.717, 1.165) is 31.0 Å². The third-order valence-electron chi connectivity index (χ3n) is 10.9. The van der Waals surface area contributed by atoms with Gasteiger partial charge in [0.05, 0.1) is 18.1 Å². The zero-order valence-electron chi connectivity index (χ0n) is 25.1. The number of aromatic hydroxyl groups is 1. The number of Topliss-reactive ketones (excluding diaryl/α,β-unsaturated/α-hetero) is 1. The first kappa shape index (κ1) is 30.5. The highest BCUT2D eigenvalue weighted by atomic mass is 32.2. The minimum Gasteiger partial charge on any atom is -0.507 e. The lowest BCUT2D eigenvalue weighted by molar-refractivity contribution is -0.205. The van der Waals surface area contributed by atoms with Gasteiger partial charge in [0.25, 0.3) is 0 Å². The SMILES string of the molecule is C=C[C@]1(C)C[C@@H](OC(=O)CSc2nnc(C)n2/N=C/c2ccccc2O)[C@]2(C)[C@H](C)CC[C@]3(CCC(=O)[C@H]32)[C@@H](C)[C@@H]1O. The van der Waals surface area contributed by atoms with Crippen LogP contribution in [0.3, 0.4) is 0 Å². The Bertz CT molecular complexity index is 1410. The number of aliphatic hydroxyl groups excluding tert-OH is 1. The quantitative estimate of drug-likeness (QED) is 0.195.